The number of sulfonamides is 1. The highest BCUT2D eigenvalue weighted by Gasteiger charge is 2.35. The van der Waals surface area contributed by atoms with Crippen molar-refractivity contribution in [1.29, 1.82) is 0 Å². The van der Waals surface area contributed by atoms with Crippen LogP contribution in [0.15, 0.2) is 41.3 Å². The van der Waals surface area contributed by atoms with Crippen molar-refractivity contribution >= 4 is 21.4 Å². The van der Waals surface area contributed by atoms with Crippen molar-refractivity contribution in [3.8, 4) is 11.5 Å². The van der Waals surface area contributed by atoms with E-state index in [9.17, 15) is 8.42 Å². The Labute approximate surface area is 147 Å². The van der Waals surface area contributed by atoms with Crippen molar-refractivity contribution in [3.05, 3.63) is 42.0 Å². The van der Waals surface area contributed by atoms with Gasteiger partial charge in [-0.05, 0) is 42.8 Å². The molecule has 0 radical (unpaired) electrons. The molecule has 0 atom stereocenters. The quantitative estimate of drug-likeness (QED) is 0.841. The number of rotatable bonds is 3. The normalized spacial score (nSPS) is 16.2. The van der Waals surface area contributed by atoms with Crippen molar-refractivity contribution in [2.75, 3.05) is 42.6 Å². The van der Waals surface area contributed by atoms with Crippen LogP contribution in [0.5, 0.6) is 11.5 Å². The summed E-state index contributed by atoms with van der Waals surface area (Å²) in [6.45, 7) is 4.32. The van der Waals surface area contributed by atoms with E-state index in [1.54, 1.807) is 25.3 Å². The Morgan fingerprint density at radius 2 is 1.96 bits per heavy atom. The highest BCUT2D eigenvalue weighted by Crippen LogP contribution is 2.44. The zero-order valence-corrected chi connectivity index (χ0v) is 15.0. The molecule has 6 nitrogen and oxygen atoms in total. The summed E-state index contributed by atoms with van der Waals surface area (Å²) in [4.78, 5) is 2.47. The van der Waals surface area contributed by atoms with Crippen LogP contribution in [0, 0.1) is 6.92 Å². The fourth-order valence-corrected chi connectivity index (χ4v) is 5.02. The van der Waals surface area contributed by atoms with Gasteiger partial charge in [-0.15, -0.1) is 0 Å². The van der Waals surface area contributed by atoms with Gasteiger partial charge in [0.2, 0.25) is 0 Å². The van der Waals surface area contributed by atoms with Crippen LogP contribution in [-0.2, 0) is 10.0 Å². The molecule has 2 aromatic carbocycles. The van der Waals surface area contributed by atoms with Gasteiger partial charge in [0.1, 0.15) is 23.8 Å². The number of nitrogens with zero attached hydrogens (tertiary/aromatic N) is 2. The molecule has 25 heavy (non-hydrogen) atoms. The second-order valence-electron chi connectivity index (χ2n) is 6.17. The summed E-state index contributed by atoms with van der Waals surface area (Å²) < 4.78 is 38.9. The average molecular weight is 360 g/mol. The third-order valence-corrected chi connectivity index (χ3v) is 6.52. The summed E-state index contributed by atoms with van der Waals surface area (Å²) in [6, 6.07) is 10.5. The molecule has 0 aliphatic carbocycles. The first-order chi connectivity index (χ1) is 12.0. The van der Waals surface area contributed by atoms with Crippen LogP contribution >= 0.6 is 0 Å². The monoisotopic (exact) mass is 360 g/mol. The standard InChI is InChI=1S/C18H20N2O4S/c1-13-12-14(6-7-16(13)23-2)25(21,22)20-9-8-19-10-11-24-17-5-3-4-15(20)18(17)19/h3-7,12H,8-11H2,1-2H3. The molecule has 0 saturated heterocycles. The molecular weight excluding hydrogens is 340 g/mol. The minimum Gasteiger partial charge on any atom is -0.496 e. The van der Waals surface area contributed by atoms with E-state index in [4.69, 9.17) is 9.47 Å². The zero-order valence-electron chi connectivity index (χ0n) is 14.2. The first-order valence-corrected chi connectivity index (χ1v) is 9.64. The highest BCUT2D eigenvalue weighted by molar-refractivity contribution is 7.92. The molecule has 2 aromatic rings. The lowest BCUT2D eigenvalue weighted by Crippen LogP contribution is -2.46. The van der Waals surface area contributed by atoms with Gasteiger partial charge < -0.3 is 14.4 Å². The van der Waals surface area contributed by atoms with Gasteiger partial charge in [-0.2, -0.15) is 0 Å². The molecule has 0 bridgehead atoms. The second kappa shape index (κ2) is 5.84. The first kappa shape index (κ1) is 16.1. The number of para-hydroxylation sites is 1. The van der Waals surface area contributed by atoms with Gasteiger partial charge in [0.25, 0.3) is 10.0 Å². The molecule has 0 aromatic heterocycles. The van der Waals surface area contributed by atoms with E-state index in [0.717, 1.165) is 23.5 Å². The molecule has 0 N–H and O–H groups in total. The Morgan fingerprint density at radius 1 is 1.12 bits per heavy atom. The van der Waals surface area contributed by atoms with Crippen molar-refractivity contribution in [1.82, 2.24) is 0 Å². The molecule has 0 fully saturated rings. The topological polar surface area (TPSA) is 59.1 Å². The molecule has 2 aliphatic rings. The van der Waals surface area contributed by atoms with Crippen LogP contribution in [0.3, 0.4) is 0 Å². The minimum atomic E-state index is -3.65. The summed E-state index contributed by atoms with van der Waals surface area (Å²) in [5.74, 6) is 1.42. The molecule has 7 heteroatoms. The van der Waals surface area contributed by atoms with Gasteiger partial charge in [-0.25, -0.2) is 8.42 Å². The van der Waals surface area contributed by atoms with Crippen LogP contribution in [-0.4, -0.2) is 41.8 Å². The molecule has 2 heterocycles. The maximum absolute atomic E-state index is 13.3. The van der Waals surface area contributed by atoms with E-state index in [-0.39, 0.29) is 4.90 Å². The van der Waals surface area contributed by atoms with E-state index in [1.807, 2.05) is 25.1 Å². The Balaban J connectivity index is 1.80. The van der Waals surface area contributed by atoms with Gasteiger partial charge in [-0.1, -0.05) is 6.07 Å². The molecular formula is C18H20N2O4S. The van der Waals surface area contributed by atoms with Gasteiger partial charge in [-0.3, -0.25) is 4.31 Å². The predicted molar refractivity (Wildman–Crippen MR) is 96.4 cm³/mol. The maximum Gasteiger partial charge on any atom is 0.264 e. The van der Waals surface area contributed by atoms with Crippen molar-refractivity contribution < 1.29 is 17.9 Å². The van der Waals surface area contributed by atoms with Gasteiger partial charge >= 0.3 is 0 Å². The Kier molecular flexibility index (Phi) is 3.76. The summed E-state index contributed by atoms with van der Waals surface area (Å²) in [7, 11) is -2.08. The van der Waals surface area contributed by atoms with E-state index < -0.39 is 10.0 Å². The summed E-state index contributed by atoms with van der Waals surface area (Å²) >= 11 is 0. The molecule has 0 amide bonds. The van der Waals surface area contributed by atoms with Crippen molar-refractivity contribution in [3.63, 3.8) is 0 Å². The number of aryl methyl sites for hydroxylation is 1. The zero-order chi connectivity index (χ0) is 17.6. The number of ether oxygens (including phenoxy) is 2. The number of hydrogen-bond donors (Lipinski definition) is 0. The maximum atomic E-state index is 13.3. The lowest BCUT2D eigenvalue weighted by Gasteiger charge is -2.41. The Morgan fingerprint density at radius 3 is 2.72 bits per heavy atom. The predicted octanol–water partition coefficient (Wildman–Crippen LogP) is 2.41. The van der Waals surface area contributed by atoms with Gasteiger partial charge in [0.05, 0.1) is 30.8 Å². The fraction of sp³-hybridized carbons (Fsp3) is 0.333. The average Bonchev–Trinajstić information content (AvgIpc) is 2.62. The number of hydrogen-bond acceptors (Lipinski definition) is 5. The number of methoxy groups -OCH3 is 1. The molecule has 0 saturated carbocycles. The van der Waals surface area contributed by atoms with E-state index in [1.165, 1.54) is 4.31 Å². The van der Waals surface area contributed by atoms with E-state index in [2.05, 4.69) is 4.90 Å². The number of anilines is 2. The molecule has 2 aliphatic heterocycles. The minimum absolute atomic E-state index is 0.272. The highest BCUT2D eigenvalue weighted by atomic mass is 32.2. The third-order valence-electron chi connectivity index (χ3n) is 4.71. The van der Waals surface area contributed by atoms with E-state index >= 15 is 0 Å². The molecule has 0 spiro atoms. The lowest BCUT2D eigenvalue weighted by atomic mass is 10.1. The number of benzene rings is 2. The largest absolute Gasteiger partial charge is 0.496 e. The van der Waals surface area contributed by atoms with Crippen LogP contribution < -0.4 is 18.7 Å². The lowest BCUT2D eigenvalue weighted by molar-refractivity contribution is 0.307. The first-order valence-electron chi connectivity index (χ1n) is 8.20. The van der Waals surface area contributed by atoms with Gasteiger partial charge in [0, 0.05) is 6.54 Å². The van der Waals surface area contributed by atoms with Crippen LogP contribution in [0.2, 0.25) is 0 Å². The van der Waals surface area contributed by atoms with Gasteiger partial charge in [0.15, 0.2) is 0 Å². The van der Waals surface area contributed by atoms with Crippen LogP contribution in [0.1, 0.15) is 5.56 Å². The fourth-order valence-electron chi connectivity index (χ4n) is 3.47. The summed E-state index contributed by atoms with van der Waals surface area (Å²) in [6.07, 6.45) is 0. The van der Waals surface area contributed by atoms with E-state index in [0.29, 0.717) is 31.1 Å². The molecule has 4 rings (SSSR count). The SMILES string of the molecule is COc1ccc(S(=O)(=O)N2CCN3CCOc4cccc2c43)cc1C. The molecule has 132 valence electrons. The molecule has 0 unspecified atom stereocenters. The Hall–Kier alpha value is -2.41. The Bertz CT molecular complexity index is 927. The second-order valence-corrected chi connectivity index (χ2v) is 8.03. The summed E-state index contributed by atoms with van der Waals surface area (Å²) in [5.41, 5.74) is 2.34. The third kappa shape index (κ3) is 2.50. The summed E-state index contributed by atoms with van der Waals surface area (Å²) in [5, 5.41) is 0. The smallest absolute Gasteiger partial charge is 0.264 e. The van der Waals surface area contributed by atoms with Crippen molar-refractivity contribution in [2.24, 2.45) is 0 Å². The van der Waals surface area contributed by atoms with Crippen LogP contribution in [0.25, 0.3) is 0 Å². The van der Waals surface area contributed by atoms with Crippen LogP contribution in [0.4, 0.5) is 11.4 Å². The van der Waals surface area contributed by atoms with Crippen molar-refractivity contribution in [2.45, 2.75) is 11.8 Å².